The SMILES string of the molecule is Nc1ccnn1C1CCN(c2cc(Cl)cc3[nH]ncc23)CC1. The molecule has 3 N–H and O–H groups in total. The van der Waals surface area contributed by atoms with Gasteiger partial charge in [0, 0.05) is 29.2 Å². The van der Waals surface area contributed by atoms with Crippen LogP contribution in [-0.2, 0) is 0 Å². The number of rotatable bonds is 2. The number of nitrogens with zero attached hydrogens (tertiary/aromatic N) is 4. The molecule has 4 rings (SSSR count). The predicted octanol–water partition coefficient (Wildman–Crippen LogP) is 2.84. The highest BCUT2D eigenvalue weighted by atomic mass is 35.5. The fraction of sp³-hybridized carbons (Fsp3) is 0.333. The Morgan fingerprint density at radius 1 is 1.27 bits per heavy atom. The van der Waals surface area contributed by atoms with E-state index in [1.165, 1.54) is 0 Å². The minimum absolute atomic E-state index is 0.366. The zero-order chi connectivity index (χ0) is 15.1. The van der Waals surface area contributed by atoms with E-state index in [2.05, 4.69) is 20.2 Å². The summed E-state index contributed by atoms with van der Waals surface area (Å²) in [6.07, 6.45) is 5.64. The van der Waals surface area contributed by atoms with E-state index in [0.717, 1.165) is 53.4 Å². The van der Waals surface area contributed by atoms with Gasteiger partial charge in [-0.1, -0.05) is 11.6 Å². The van der Waals surface area contributed by atoms with Crippen LogP contribution in [0.1, 0.15) is 18.9 Å². The second-order valence-electron chi connectivity index (χ2n) is 5.68. The topological polar surface area (TPSA) is 75.8 Å². The largest absolute Gasteiger partial charge is 0.384 e. The van der Waals surface area contributed by atoms with Gasteiger partial charge in [0.25, 0.3) is 0 Å². The van der Waals surface area contributed by atoms with E-state index in [9.17, 15) is 0 Å². The average molecular weight is 317 g/mol. The van der Waals surface area contributed by atoms with Crippen molar-refractivity contribution in [2.24, 2.45) is 0 Å². The zero-order valence-electron chi connectivity index (χ0n) is 12.0. The van der Waals surface area contributed by atoms with Crippen molar-refractivity contribution in [3.8, 4) is 0 Å². The molecular weight excluding hydrogens is 300 g/mol. The Bertz CT molecular complexity index is 799. The number of piperidine rings is 1. The molecule has 1 saturated heterocycles. The van der Waals surface area contributed by atoms with E-state index in [0.29, 0.717) is 6.04 Å². The Balaban J connectivity index is 1.58. The number of aromatic nitrogens is 4. The third kappa shape index (κ3) is 2.20. The molecule has 0 atom stereocenters. The molecule has 0 bridgehead atoms. The first-order valence-electron chi connectivity index (χ1n) is 7.39. The van der Waals surface area contributed by atoms with Gasteiger partial charge in [0.2, 0.25) is 0 Å². The van der Waals surface area contributed by atoms with Crippen LogP contribution in [0.25, 0.3) is 10.9 Å². The zero-order valence-corrected chi connectivity index (χ0v) is 12.8. The number of aromatic amines is 1. The molecule has 3 heterocycles. The van der Waals surface area contributed by atoms with Crippen molar-refractivity contribution < 1.29 is 0 Å². The van der Waals surface area contributed by atoms with Crippen molar-refractivity contribution >= 4 is 34.0 Å². The lowest BCUT2D eigenvalue weighted by atomic mass is 10.0. The van der Waals surface area contributed by atoms with Crippen LogP contribution in [0, 0.1) is 0 Å². The van der Waals surface area contributed by atoms with E-state index in [1.54, 1.807) is 6.20 Å². The van der Waals surface area contributed by atoms with Crippen molar-refractivity contribution in [3.05, 3.63) is 35.6 Å². The van der Waals surface area contributed by atoms with E-state index in [1.807, 2.05) is 29.1 Å². The van der Waals surface area contributed by atoms with E-state index < -0.39 is 0 Å². The van der Waals surface area contributed by atoms with Gasteiger partial charge in [0.15, 0.2) is 0 Å². The van der Waals surface area contributed by atoms with E-state index >= 15 is 0 Å². The molecule has 22 heavy (non-hydrogen) atoms. The fourth-order valence-electron chi connectivity index (χ4n) is 3.24. The maximum absolute atomic E-state index is 6.23. The normalized spacial score (nSPS) is 16.5. The fourth-order valence-corrected chi connectivity index (χ4v) is 3.45. The van der Waals surface area contributed by atoms with Gasteiger partial charge in [0.05, 0.1) is 24.0 Å². The van der Waals surface area contributed by atoms with Crippen LogP contribution in [0.5, 0.6) is 0 Å². The van der Waals surface area contributed by atoms with Crippen LogP contribution in [-0.4, -0.2) is 33.1 Å². The number of nitrogens with one attached hydrogen (secondary N) is 1. The Morgan fingerprint density at radius 3 is 2.82 bits per heavy atom. The summed E-state index contributed by atoms with van der Waals surface area (Å²) in [6, 6.07) is 6.13. The smallest absolute Gasteiger partial charge is 0.121 e. The quantitative estimate of drug-likeness (QED) is 0.762. The molecule has 3 aromatic rings. The van der Waals surface area contributed by atoms with Crippen molar-refractivity contribution in [2.45, 2.75) is 18.9 Å². The highest BCUT2D eigenvalue weighted by Crippen LogP contribution is 2.33. The monoisotopic (exact) mass is 316 g/mol. The number of nitrogens with two attached hydrogens (primary N) is 1. The standard InChI is InChI=1S/C15H17ClN6/c16-10-7-13-12(9-18-20-13)14(8-10)21-5-2-11(3-6-21)22-15(17)1-4-19-22/h1,4,7-9,11H,2-3,5-6,17H2,(H,18,20). The second-order valence-corrected chi connectivity index (χ2v) is 6.11. The molecule has 6 nitrogen and oxygen atoms in total. The summed E-state index contributed by atoms with van der Waals surface area (Å²) in [7, 11) is 0. The molecule has 0 aliphatic carbocycles. The lowest BCUT2D eigenvalue weighted by Gasteiger charge is -2.34. The minimum atomic E-state index is 0.366. The minimum Gasteiger partial charge on any atom is -0.384 e. The highest BCUT2D eigenvalue weighted by molar-refractivity contribution is 6.31. The molecule has 1 aromatic carbocycles. The number of halogens is 1. The highest BCUT2D eigenvalue weighted by Gasteiger charge is 2.23. The Hall–Kier alpha value is -2.21. The molecule has 0 radical (unpaired) electrons. The summed E-state index contributed by atoms with van der Waals surface area (Å²) >= 11 is 6.23. The molecular formula is C15H17ClN6. The maximum atomic E-state index is 6.23. The Labute approximate surface area is 132 Å². The molecule has 1 fully saturated rings. The average Bonchev–Trinajstić information content (AvgIpc) is 3.15. The van der Waals surface area contributed by atoms with Crippen molar-refractivity contribution in [3.63, 3.8) is 0 Å². The molecule has 0 amide bonds. The predicted molar refractivity (Wildman–Crippen MR) is 88.2 cm³/mol. The number of hydrogen-bond donors (Lipinski definition) is 2. The lowest BCUT2D eigenvalue weighted by Crippen LogP contribution is -2.35. The molecule has 7 heteroatoms. The summed E-state index contributed by atoms with van der Waals surface area (Å²) in [5, 5.41) is 13.3. The molecule has 0 unspecified atom stereocenters. The number of anilines is 2. The van der Waals surface area contributed by atoms with Crippen molar-refractivity contribution in [1.82, 2.24) is 20.0 Å². The van der Waals surface area contributed by atoms with Crippen LogP contribution in [0.2, 0.25) is 5.02 Å². The van der Waals surface area contributed by atoms with Crippen LogP contribution in [0.3, 0.4) is 0 Å². The van der Waals surface area contributed by atoms with Crippen LogP contribution in [0.4, 0.5) is 11.5 Å². The lowest BCUT2D eigenvalue weighted by molar-refractivity contribution is 0.371. The first kappa shape index (κ1) is 13.5. The third-order valence-corrected chi connectivity index (χ3v) is 4.57. The van der Waals surface area contributed by atoms with Gasteiger partial charge in [-0.05, 0) is 31.0 Å². The first-order chi connectivity index (χ1) is 10.7. The van der Waals surface area contributed by atoms with Crippen molar-refractivity contribution in [1.29, 1.82) is 0 Å². The summed E-state index contributed by atoms with van der Waals surface area (Å²) < 4.78 is 1.93. The van der Waals surface area contributed by atoms with Gasteiger partial charge in [-0.15, -0.1) is 0 Å². The third-order valence-electron chi connectivity index (χ3n) is 4.35. The Kier molecular flexibility index (Phi) is 3.18. The van der Waals surface area contributed by atoms with Gasteiger partial charge in [-0.2, -0.15) is 10.2 Å². The van der Waals surface area contributed by atoms with Crippen LogP contribution >= 0.6 is 11.6 Å². The number of benzene rings is 1. The summed E-state index contributed by atoms with van der Waals surface area (Å²) in [5.74, 6) is 0.735. The first-order valence-corrected chi connectivity index (χ1v) is 7.77. The number of nitrogen functional groups attached to an aromatic ring is 1. The van der Waals surface area contributed by atoms with Crippen molar-refractivity contribution in [2.75, 3.05) is 23.7 Å². The number of hydrogen-bond acceptors (Lipinski definition) is 4. The van der Waals surface area contributed by atoms with Gasteiger partial charge in [-0.3, -0.25) is 5.10 Å². The summed E-state index contributed by atoms with van der Waals surface area (Å²) in [4.78, 5) is 2.36. The summed E-state index contributed by atoms with van der Waals surface area (Å²) in [6.45, 7) is 1.90. The summed E-state index contributed by atoms with van der Waals surface area (Å²) in [5.41, 5.74) is 8.07. The number of H-pyrrole nitrogens is 1. The van der Waals surface area contributed by atoms with Crippen LogP contribution in [0.15, 0.2) is 30.6 Å². The van der Waals surface area contributed by atoms with Gasteiger partial charge >= 0.3 is 0 Å². The van der Waals surface area contributed by atoms with Crippen LogP contribution < -0.4 is 10.6 Å². The molecule has 0 saturated carbocycles. The Morgan fingerprint density at radius 2 is 2.09 bits per heavy atom. The van der Waals surface area contributed by atoms with Gasteiger partial charge in [-0.25, -0.2) is 4.68 Å². The van der Waals surface area contributed by atoms with E-state index in [-0.39, 0.29) is 0 Å². The number of fused-ring (bicyclic) bond motifs is 1. The molecule has 2 aromatic heterocycles. The maximum Gasteiger partial charge on any atom is 0.121 e. The van der Waals surface area contributed by atoms with E-state index in [4.69, 9.17) is 17.3 Å². The molecule has 1 aliphatic rings. The van der Waals surface area contributed by atoms with Gasteiger partial charge in [0.1, 0.15) is 5.82 Å². The van der Waals surface area contributed by atoms with Gasteiger partial charge < -0.3 is 10.6 Å². The molecule has 114 valence electrons. The second kappa shape index (κ2) is 5.21. The molecule has 0 spiro atoms. The molecule has 1 aliphatic heterocycles.